The van der Waals surface area contributed by atoms with Gasteiger partial charge in [-0.05, 0) is 37.0 Å². The lowest BCUT2D eigenvalue weighted by Crippen LogP contribution is -2.11. The molecule has 0 heterocycles. The summed E-state index contributed by atoms with van der Waals surface area (Å²) in [5, 5.41) is 0. The zero-order valence-corrected chi connectivity index (χ0v) is 7.18. The van der Waals surface area contributed by atoms with E-state index in [4.69, 9.17) is 0 Å². The molecule has 0 amide bonds. The number of hydrogen-bond donors (Lipinski definition) is 0. The van der Waals surface area contributed by atoms with Crippen molar-refractivity contribution in [3.05, 3.63) is 0 Å². The molecule has 0 saturated heterocycles. The van der Waals surface area contributed by atoms with Gasteiger partial charge in [-0.2, -0.15) is 4.99 Å². The Bertz CT molecular complexity index is 282. The Kier molecular flexibility index (Phi) is 1.04. The van der Waals surface area contributed by atoms with E-state index >= 15 is 0 Å². The summed E-state index contributed by atoms with van der Waals surface area (Å²) in [5.74, 6) is 0.879. The number of nitrogens with zero attached hydrogens (tertiary/aromatic N) is 1. The van der Waals surface area contributed by atoms with Gasteiger partial charge in [0.2, 0.25) is 6.08 Å². The van der Waals surface area contributed by atoms with E-state index in [-0.39, 0.29) is 5.54 Å². The van der Waals surface area contributed by atoms with Crippen LogP contribution < -0.4 is 0 Å². The molecule has 0 aromatic carbocycles. The molecule has 3 aliphatic rings. The van der Waals surface area contributed by atoms with Gasteiger partial charge in [0.15, 0.2) is 0 Å². The average Bonchev–Trinajstić information content (AvgIpc) is 2.51. The highest BCUT2D eigenvalue weighted by atomic mass is 16.1. The van der Waals surface area contributed by atoms with E-state index < -0.39 is 0 Å². The monoisotopic (exact) mass is 163 g/mol. The molecule has 0 N–H and O–H groups in total. The molecule has 0 aliphatic heterocycles. The summed E-state index contributed by atoms with van der Waals surface area (Å²) in [5.41, 5.74) is 0.573. The van der Waals surface area contributed by atoms with Crippen LogP contribution >= 0.6 is 0 Å². The Morgan fingerprint density at radius 2 is 2.33 bits per heavy atom. The predicted molar refractivity (Wildman–Crippen MR) is 44.5 cm³/mol. The van der Waals surface area contributed by atoms with E-state index in [0.717, 1.165) is 5.92 Å². The van der Waals surface area contributed by atoms with Crippen molar-refractivity contribution in [3.63, 3.8) is 0 Å². The van der Waals surface area contributed by atoms with Gasteiger partial charge in [0.05, 0.1) is 5.54 Å². The lowest BCUT2D eigenvalue weighted by molar-refractivity contribution is 0.298. The summed E-state index contributed by atoms with van der Waals surface area (Å²) in [4.78, 5) is 14.3. The molecule has 12 heavy (non-hydrogen) atoms. The molecule has 64 valence electrons. The fourth-order valence-corrected chi connectivity index (χ4v) is 3.82. The molecule has 3 saturated carbocycles. The Labute approximate surface area is 72.1 Å². The molecule has 0 radical (unpaired) electrons. The number of rotatable bonds is 1. The minimum Gasteiger partial charge on any atom is -0.211 e. The molecule has 2 heteroatoms. The first kappa shape index (κ1) is 6.85. The first-order chi connectivity index (χ1) is 5.80. The summed E-state index contributed by atoms with van der Waals surface area (Å²) in [6, 6.07) is 0. The smallest absolute Gasteiger partial charge is 0.211 e. The van der Waals surface area contributed by atoms with Crippen LogP contribution in [0.5, 0.6) is 0 Å². The average molecular weight is 163 g/mol. The summed E-state index contributed by atoms with van der Waals surface area (Å²) in [6.07, 6.45) is 9.54. The lowest BCUT2D eigenvalue weighted by atomic mass is 9.83. The van der Waals surface area contributed by atoms with Crippen molar-refractivity contribution >= 4 is 6.08 Å². The van der Waals surface area contributed by atoms with E-state index in [1.165, 1.54) is 38.5 Å². The third-order valence-electron chi connectivity index (χ3n) is 4.33. The Morgan fingerprint density at radius 1 is 1.42 bits per heavy atom. The van der Waals surface area contributed by atoms with Gasteiger partial charge >= 0.3 is 0 Å². The summed E-state index contributed by atoms with van der Waals surface area (Å²) >= 11 is 0. The van der Waals surface area contributed by atoms with E-state index in [1.54, 1.807) is 6.08 Å². The standard InChI is InChI=1S/C10H13NO/c12-7-11-10-5-8-2-1-3-9(10,4-8)6-10/h8H,1-6H2. The second-order valence-electron chi connectivity index (χ2n) is 4.86. The van der Waals surface area contributed by atoms with Crippen molar-refractivity contribution in [2.45, 2.75) is 44.1 Å². The van der Waals surface area contributed by atoms with Crippen LogP contribution in [0.4, 0.5) is 0 Å². The minimum absolute atomic E-state index is 0.0932. The first-order valence-electron chi connectivity index (χ1n) is 4.89. The molecule has 1 spiro atoms. The van der Waals surface area contributed by atoms with E-state index in [0.29, 0.717) is 5.41 Å². The van der Waals surface area contributed by atoms with E-state index in [1.807, 2.05) is 0 Å². The third-order valence-corrected chi connectivity index (χ3v) is 4.33. The van der Waals surface area contributed by atoms with Crippen molar-refractivity contribution in [2.24, 2.45) is 16.3 Å². The van der Waals surface area contributed by atoms with Crippen LogP contribution in [0.3, 0.4) is 0 Å². The fourth-order valence-electron chi connectivity index (χ4n) is 3.82. The highest BCUT2D eigenvalue weighted by Gasteiger charge is 2.73. The van der Waals surface area contributed by atoms with Gasteiger partial charge in [0.1, 0.15) is 0 Å². The maximum atomic E-state index is 10.3. The van der Waals surface area contributed by atoms with Gasteiger partial charge in [0, 0.05) is 0 Å². The van der Waals surface area contributed by atoms with Gasteiger partial charge in [-0.3, -0.25) is 0 Å². The van der Waals surface area contributed by atoms with Crippen LogP contribution in [0.2, 0.25) is 0 Å². The Balaban J connectivity index is 1.98. The quantitative estimate of drug-likeness (QED) is 0.429. The molecule has 3 fully saturated rings. The van der Waals surface area contributed by atoms with Gasteiger partial charge in [-0.1, -0.05) is 12.8 Å². The van der Waals surface area contributed by atoms with Crippen molar-refractivity contribution < 1.29 is 4.79 Å². The molecular weight excluding hydrogens is 150 g/mol. The number of carbonyl (C=O) groups excluding carboxylic acids is 1. The van der Waals surface area contributed by atoms with Gasteiger partial charge in [0.25, 0.3) is 0 Å². The molecular formula is C10H13NO. The molecule has 0 aromatic heterocycles. The van der Waals surface area contributed by atoms with Crippen LogP contribution in [0, 0.1) is 11.3 Å². The fraction of sp³-hybridized carbons (Fsp3) is 0.900. The summed E-state index contributed by atoms with van der Waals surface area (Å²) < 4.78 is 0. The zero-order valence-electron chi connectivity index (χ0n) is 7.18. The summed E-state index contributed by atoms with van der Waals surface area (Å²) in [6.45, 7) is 0. The van der Waals surface area contributed by atoms with Gasteiger partial charge in [-0.25, -0.2) is 4.79 Å². The normalized spacial score (nSPS) is 54.2. The van der Waals surface area contributed by atoms with Crippen molar-refractivity contribution in [1.29, 1.82) is 0 Å². The van der Waals surface area contributed by atoms with Crippen LogP contribution in [0.15, 0.2) is 4.99 Å². The number of isocyanates is 1. The maximum Gasteiger partial charge on any atom is 0.235 e. The minimum atomic E-state index is 0.0932. The highest BCUT2D eigenvalue weighted by Crippen LogP contribution is 2.75. The van der Waals surface area contributed by atoms with Crippen molar-refractivity contribution in [3.8, 4) is 0 Å². The van der Waals surface area contributed by atoms with Gasteiger partial charge in [-0.15, -0.1) is 0 Å². The Hall–Kier alpha value is -0.620. The third kappa shape index (κ3) is 0.591. The summed E-state index contributed by atoms with van der Waals surface area (Å²) in [7, 11) is 0. The number of fused-ring (bicyclic) bond motifs is 1. The molecule has 3 aliphatic carbocycles. The van der Waals surface area contributed by atoms with Crippen LogP contribution in [0.25, 0.3) is 0 Å². The van der Waals surface area contributed by atoms with Crippen LogP contribution in [-0.4, -0.2) is 11.6 Å². The molecule has 2 nitrogen and oxygen atoms in total. The predicted octanol–water partition coefficient (Wildman–Crippen LogP) is 2.04. The topological polar surface area (TPSA) is 29.4 Å². The Morgan fingerprint density at radius 3 is 3.08 bits per heavy atom. The second kappa shape index (κ2) is 1.82. The largest absolute Gasteiger partial charge is 0.235 e. The first-order valence-corrected chi connectivity index (χ1v) is 4.89. The van der Waals surface area contributed by atoms with E-state index in [9.17, 15) is 4.79 Å². The molecule has 0 aromatic rings. The van der Waals surface area contributed by atoms with Crippen molar-refractivity contribution in [1.82, 2.24) is 0 Å². The molecule has 3 unspecified atom stereocenters. The lowest BCUT2D eigenvalue weighted by Gasteiger charge is -2.21. The molecule has 3 atom stereocenters. The van der Waals surface area contributed by atoms with Gasteiger partial charge < -0.3 is 0 Å². The maximum absolute atomic E-state index is 10.3. The van der Waals surface area contributed by atoms with Crippen LogP contribution in [0.1, 0.15) is 38.5 Å². The van der Waals surface area contributed by atoms with Crippen LogP contribution in [-0.2, 0) is 4.79 Å². The SMILES string of the molecule is O=C=NC12CC3CCCC1(C3)C2. The zero-order chi connectivity index (χ0) is 8.23. The van der Waals surface area contributed by atoms with E-state index in [2.05, 4.69) is 4.99 Å². The molecule has 3 rings (SSSR count). The number of hydrogen-bond acceptors (Lipinski definition) is 2. The second-order valence-corrected chi connectivity index (χ2v) is 4.86. The highest BCUT2D eigenvalue weighted by molar-refractivity contribution is 5.41. The number of aliphatic imine (C=N–C) groups is 1. The molecule has 2 bridgehead atoms. The van der Waals surface area contributed by atoms with Crippen molar-refractivity contribution in [2.75, 3.05) is 0 Å².